The number of nitrogens with zero attached hydrogens (tertiary/aromatic N) is 1. The summed E-state index contributed by atoms with van der Waals surface area (Å²) >= 11 is 0. The number of amides is 1. The SMILES string of the molecule is CC/C=C\C/C=C\C/C=C\C/C=C\C/C=C\C/C=C\C/C=C\C/C=C\C/C=C\C/C=C\C/C=C\C/C=C\CCCCC(=O)NC(COP(=O)([O-])OCC[N+](C)(C)C)C(O)/C=C/CCCCCCCCCCCC. The lowest BCUT2D eigenvalue weighted by atomic mass is 10.1. The normalized spacial score (nSPS) is 15.1. The van der Waals surface area contributed by atoms with Gasteiger partial charge in [-0.2, -0.15) is 0 Å². The minimum Gasteiger partial charge on any atom is -0.756 e. The van der Waals surface area contributed by atoms with Gasteiger partial charge in [-0.05, 0) is 109 Å². The molecule has 0 saturated heterocycles. The molecule has 0 radical (unpaired) electrons. The van der Waals surface area contributed by atoms with E-state index in [1.54, 1.807) is 6.08 Å². The van der Waals surface area contributed by atoms with E-state index in [-0.39, 0.29) is 18.9 Å². The average molecular weight is 1030 g/mol. The molecule has 1 amide bonds. The highest BCUT2D eigenvalue weighted by Gasteiger charge is 2.23. The monoisotopic (exact) mass is 1030 g/mol. The summed E-state index contributed by atoms with van der Waals surface area (Å²) < 4.78 is 23.2. The number of unbranched alkanes of at least 4 members (excludes halogenated alkanes) is 12. The molecule has 0 aromatic carbocycles. The summed E-state index contributed by atoms with van der Waals surface area (Å²) in [4.78, 5) is 25.4. The Bertz CT molecular complexity index is 1740. The maximum Gasteiger partial charge on any atom is 0.268 e. The minimum atomic E-state index is -4.61. The Kier molecular flexibility index (Phi) is 50.1. The molecular formula is C64H105N2O6P. The first-order valence-corrected chi connectivity index (χ1v) is 29.8. The standard InChI is InChI=1S/C64H105N2O6P/c1-6-8-10-12-14-16-18-20-21-22-23-24-25-26-27-28-29-30-31-32-33-34-35-36-37-38-39-40-41-42-43-44-45-46-48-50-52-54-56-58-64(68)65-62(61-72-73(69,70)71-60-59-66(3,4)5)63(67)57-55-53-51-49-47-19-17-15-13-11-9-7-2/h8,10,14,16,20-21,23-24,26-27,29-30,32-33,35-36,38-39,41-42,44-45,48,50,55,57,62-63,67H,6-7,9,11-13,15,17-19,22,25,28,31,34,37,40,43,46-47,49,51-54,56,58-61H2,1-5H3,(H-,65,68,69,70)/b10-8-,16-14-,21-20-,24-23-,27-26-,30-29-,33-32-,36-35-,39-38-,42-41-,45-44-,50-48-,57-55+. The number of hydrogen-bond donors (Lipinski definition) is 2. The van der Waals surface area contributed by atoms with Crippen LogP contribution in [0.25, 0.3) is 0 Å². The zero-order chi connectivity index (χ0) is 53.5. The van der Waals surface area contributed by atoms with Crippen molar-refractivity contribution in [2.24, 2.45) is 0 Å². The summed E-state index contributed by atoms with van der Waals surface area (Å²) in [7, 11) is 1.20. The number of likely N-dealkylation sites (N-methyl/N-ethyl adjacent to an activating group) is 1. The predicted octanol–water partition coefficient (Wildman–Crippen LogP) is 16.8. The molecule has 3 unspecified atom stereocenters. The summed E-state index contributed by atoms with van der Waals surface area (Å²) in [5.74, 6) is -0.248. The number of aliphatic hydroxyl groups is 1. The van der Waals surface area contributed by atoms with E-state index in [1.165, 1.54) is 51.4 Å². The zero-order valence-electron chi connectivity index (χ0n) is 46.8. The molecule has 0 fully saturated rings. The summed E-state index contributed by atoms with van der Waals surface area (Å²) in [6, 6.07) is -0.921. The third-order valence-electron chi connectivity index (χ3n) is 11.5. The fraction of sp³-hybridized carbons (Fsp3) is 0.578. The Morgan fingerprint density at radius 2 is 0.836 bits per heavy atom. The van der Waals surface area contributed by atoms with Gasteiger partial charge in [0.15, 0.2) is 0 Å². The third kappa shape index (κ3) is 55.7. The van der Waals surface area contributed by atoms with Crippen molar-refractivity contribution < 1.29 is 32.9 Å². The molecule has 2 N–H and O–H groups in total. The minimum absolute atomic E-state index is 0.0184. The van der Waals surface area contributed by atoms with Gasteiger partial charge >= 0.3 is 0 Å². The molecule has 8 nitrogen and oxygen atoms in total. The number of quaternary nitrogens is 1. The second-order valence-electron chi connectivity index (χ2n) is 19.6. The quantitative estimate of drug-likeness (QED) is 0.0272. The molecule has 0 aliphatic carbocycles. The molecule has 0 aromatic heterocycles. The fourth-order valence-corrected chi connectivity index (χ4v) is 7.80. The van der Waals surface area contributed by atoms with E-state index in [0.29, 0.717) is 17.4 Å². The largest absolute Gasteiger partial charge is 0.756 e. The van der Waals surface area contributed by atoms with Crippen LogP contribution in [0.5, 0.6) is 0 Å². The van der Waals surface area contributed by atoms with Gasteiger partial charge in [0.2, 0.25) is 5.91 Å². The molecule has 0 aliphatic heterocycles. The first-order chi connectivity index (χ1) is 35.5. The van der Waals surface area contributed by atoms with Crippen molar-refractivity contribution >= 4 is 13.7 Å². The van der Waals surface area contributed by atoms with Crippen LogP contribution < -0.4 is 10.2 Å². The Morgan fingerprint density at radius 1 is 0.493 bits per heavy atom. The maximum atomic E-state index is 12.9. The molecular weight excluding hydrogens is 924 g/mol. The van der Waals surface area contributed by atoms with Crippen molar-refractivity contribution in [1.82, 2.24) is 5.32 Å². The number of allylic oxidation sites excluding steroid dienone is 25. The third-order valence-corrected chi connectivity index (χ3v) is 12.5. The highest BCUT2D eigenvalue weighted by atomic mass is 31.2. The zero-order valence-corrected chi connectivity index (χ0v) is 47.7. The van der Waals surface area contributed by atoms with Gasteiger partial charge in [-0.3, -0.25) is 9.36 Å². The van der Waals surface area contributed by atoms with Crippen LogP contribution in [0.1, 0.15) is 187 Å². The van der Waals surface area contributed by atoms with Crippen LogP contribution in [-0.4, -0.2) is 68.5 Å². The second-order valence-corrected chi connectivity index (χ2v) is 21.0. The lowest BCUT2D eigenvalue weighted by Crippen LogP contribution is -2.45. The van der Waals surface area contributed by atoms with Crippen LogP contribution in [-0.2, 0) is 18.4 Å². The second kappa shape index (κ2) is 53.0. The number of phosphoric ester groups is 1. The Labute approximate surface area is 448 Å². The molecule has 0 aliphatic rings. The summed E-state index contributed by atoms with van der Waals surface area (Å²) in [6.07, 6.45) is 83.3. The van der Waals surface area contributed by atoms with E-state index in [4.69, 9.17) is 9.05 Å². The average Bonchev–Trinajstić information content (AvgIpc) is 3.35. The molecule has 0 rings (SSSR count). The summed E-state index contributed by atoms with van der Waals surface area (Å²) in [5, 5.41) is 13.8. The highest BCUT2D eigenvalue weighted by molar-refractivity contribution is 7.45. The fourth-order valence-electron chi connectivity index (χ4n) is 7.07. The lowest BCUT2D eigenvalue weighted by molar-refractivity contribution is -0.870. The van der Waals surface area contributed by atoms with Gasteiger partial charge in [0.1, 0.15) is 13.2 Å². The maximum absolute atomic E-state index is 12.9. The van der Waals surface area contributed by atoms with Crippen molar-refractivity contribution in [3.05, 3.63) is 158 Å². The topological polar surface area (TPSA) is 108 Å². The molecule has 0 bridgehead atoms. The van der Waals surface area contributed by atoms with E-state index in [9.17, 15) is 19.4 Å². The van der Waals surface area contributed by atoms with E-state index in [1.807, 2.05) is 27.2 Å². The molecule has 73 heavy (non-hydrogen) atoms. The van der Waals surface area contributed by atoms with Crippen molar-refractivity contribution in [1.29, 1.82) is 0 Å². The van der Waals surface area contributed by atoms with Gasteiger partial charge in [-0.1, -0.05) is 230 Å². The Balaban J connectivity index is 4.25. The predicted molar refractivity (Wildman–Crippen MR) is 315 cm³/mol. The molecule has 9 heteroatoms. The summed E-state index contributed by atoms with van der Waals surface area (Å²) in [6.45, 7) is 4.46. The van der Waals surface area contributed by atoms with Crippen LogP contribution in [0.2, 0.25) is 0 Å². The number of nitrogens with one attached hydrogen (secondary N) is 1. The van der Waals surface area contributed by atoms with E-state index < -0.39 is 26.6 Å². The molecule has 0 heterocycles. The molecule has 3 atom stereocenters. The van der Waals surface area contributed by atoms with E-state index in [2.05, 4.69) is 165 Å². The Morgan fingerprint density at radius 3 is 1.22 bits per heavy atom. The van der Waals surface area contributed by atoms with Crippen molar-refractivity contribution in [3.8, 4) is 0 Å². The van der Waals surface area contributed by atoms with Gasteiger partial charge in [-0.25, -0.2) is 0 Å². The van der Waals surface area contributed by atoms with Crippen molar-refractivity contribution in [2.45, 2.75) is 199 Å². The molecule has 412 valence electrons. The van der Waals surface area contributed by atoms with Gasteiger partial charge in [-0.15, -0.1) is 0 Å². The van der Waals surface area contributed by atoms with Crippen molar-refractivity contribution in [3.63, 3.8) is 0 Å². The van der Waals surface area contributed by atoms with Crippen LogP contribution in [0.4, 0.5) is 0 Å². The van der Waals surface area contributed by atoms with Gasteiger partial charge in [0, 0.05) is 6.42 Å². The van der Waals surface area contributed by atoms with Gasteiger partial charge < -0.3 is 28.8 Å². The number of rotatable bonds is 49. The van der Waals surface area contributed by atoms with Crippen LogP contribution in [0, 0.1) is 0 Å². The number of phosphoric acid groups is 1. The van der Waals surface area contributed by atoms with Crippen LogP contribution in [0.3, 0.4) is 0 Å². The van der Waals surface area contributed by atoms with Gasteiger partial charge in [0.05, 0.1) is 39.9 Å². The molecule has 0 saturated carbocycles. The van der Waals surface area contributed by atoms with E-state index >= 15 is 0 Å². The highest BCUT2D eigenvalue weighted by Crippen LogP contribution is 2.38. The Hall–Kier alpha value is -3.88. The number of hydrogen-bond acceptors (Lipinski definition) is 6. The first-order valence-electron chi connectivity index (χ1n) is 28.3. The van der Waals surface area contributed by atoms with Crippen molar-refractivity contribution in [2.75, 3.05) is 40.9 Å². The molecule has 0 aromatic rings. The number of carbonyl (C=O) groups is 1. The summed E-state index contributed by atoms with van der Waals surface area (Å²) in [5.41, 5.74) is 0. The molecule has 0 spiro atoms. The lowest BCUT2D eigenvalue weighted by Gasteiger charge is -2.29. The number of aliphatic hydroxyl groups excluding tert-OH is 1. The van der Waals surface area contributed by atoms with Crippen LogP contribution >= 0.6 is 7.82 Å². The first kappa shape index (κ1) is 69.1. The van der Waals surface area contributed by atoms with E-state index in [0.717, 1.165) is 109 Å². The van der Waals surface area contributed by atoms with Crippen LogP contribution in [0.15, 0.2) is 158 Å². The number of carbonyl (C=O) groups excluding carboxylic acids is 1. The van der Waals surface area contributed by atoms with Gasteiger partial charge in [0.25, 0.3) is 7.82 Å². The smallest absolute Gasteiger partial charge is 0.268 e.